The molecule has 13 nitrogen and oxygen atoms in total. The van der Waals surface area contributed by atoms with Crippen LogP contribution in [0.3, 0.4) is 0 Å². The van der Waals surface area contributed by atoms with Gasteiger partial charge >= 0.3 is 6.09 Å². The summed E-state index contributed by atoms with van der Waals surface area (Å²) in [5.74, 6) is -0.0296. The highest BCUT2D eigenvalue weighted by atomic mass is 16.6. The number of hydrogen-bond donors (Lipinski definition) is 1. The van der Waals surface area contributed by atoms with Crippen molar-refractivity contribution in [3.8, 4) is 17.5 Å². The Labute approximate surface area is 194 Å². The smallest absolute Gasteiger partial charge is 0.410 e. The van der Waals surface area contributed by atoms with E-state index in [0.717, 1.165) is 0 Å². The second kappa shape index (κ2) is 8.44. The third kappa shape index (κ3) is 4.36. The van der Waals surface area contributed by atoms with E-state index >= 15 is 0 Å². The van der Waals surface area contributed by atoms with E-state index in [1.807, 2.05) is 0 Å². The van der Waals surface area contributed by atoms with Gasteiger partial charge in [-0.3, -0.25) is 14.8 Å². The van der Waals surface area contributed by atoms with Crippen LogP contribution in [0, 0.1) is 17.9 Å². The number of aromatic nitrogens is 6. The molecule has 0 radical (unpaired) electrons. The maximum atomic E-state index is 12.4. The molecule has 0 aliphatic carbocycles. The SMILES string of the molecule is [C-]#[N+]CC1(n2cc(-c3nccc4nc(NC(=O)CC#N)nn34)cn2)CN(C(=O)OC(C)(C)C)C1. The van der Waals surface area contributed by atoms with Crippen LogP contribution >= 0.6 is 0 Å². The van der Waals surface area contributed by atoms with Crippen molar-refractivity contribution in [3.05, 3.63) is 36.1 Å². The average molecular weight is 462 g/mol. The van der Waals surface area contributed by atoms with Crippen LogP contribution in [-0.4, -0.2) is 71.5 Å². The van der Waals surface area contributed by atoms with Gasteiger partial charge in [-0.05, 0) is 20.8 Å². The molecular weight excluding hydrogens is 440 g/mol. The van der Waals surface area contributed by atoms with Gasteiger partial charge in [0.25, 0.3) is 0 Å². The first-order valence-electron chi connectivity index (χ1n) is 10.4. The summed E-state index contributed by atoms with van der Waals surface area (Å²) in [6, 6.07) is 3.40. The van der Waals surface area contributed by atoms with Crippen LogP contribution in [0.25, 0.3) is 21.9 Å². The second-order valence-electron chi connectivity index (χ2n) is 8.91. The van der Waals surface area contributed by atoms with Crippen LogP contribution in [0.1, 0.15) is 27.2 Å². The van der Waals surface area contributed by atoms with Crippen molar-refractivity contribution >= 4 is 23.6 Å². The van der Waals surface area contributed by atoms with E-state index in [4.69, 9.17) is 16.6 Å². The lowest BCUT2D eigenvalue weighted by molar-refractivity contribution is -0.115. The molecular formula is C21H22N10O3. The molecule has 174 valence electrons. The van der Waals surface area contributed by atoms with Gasteiger partial charge in [-0.15, -0.1) is 5.10 Å². The summed E-state index contributed by atoms with van der Waals surface area (Å²) in [4.78, 5) is 37.8. The maximum absolute atomic E-state index is 12.4. The normalized spacial score (nSPS) is 14.7. The second-order valence-corrected chi connectivity index (χ2v) is 8.91. The highest BCUT2D eigenvalue weighted by Crippen LogP contribution is 2.32. The van der Waals surface area contributed by atoms with Crippen molar-refractivity contribution in [1.29, 1.82) is 5.26 Å². The number of amides is 2. The highest BCUT2D eigenvalue weighted by molar-refractivity contribution is 5.90. The Kier molecular flexibility index (Phi) is 5.63. The molecule has 0 saturated carbocycles. The summed E-state index contributed by atoms with van der Waals surface area (Å²) >= 11 is 0. The van der Waals surface area contributed by atoms with Crippen molar-refractivity contribution in [3.63, 3.8) is 0 Å². The summed E-state index contributed by atoms with van der Waals surface area (Å²) in [7, 11) is 0. The Balaban J connectivity index is 1.58. The van der Waals surface area contributed by atoms with Crippen LogP contribution in [0.2, 0.25) is 0 Å². The van der Waals surface area contributed by atoms with Crippen LogP contribution in [0.15, 0.2) is 24.7 Å². The largest absolute Gasteiger partial charge is 0.444 e. The number of anilines is 1. The lowest BCUT2D eigenvalue weighted by Gasteiger charge is -2.46. The Morgan fingerprint density at radius 2 is 2.15 bits per heavy atom. The minimum absolute atomic E-state index is 0.0540. The molecule has 0 bridgehead atoms. The van der Waals surface area contributed by atoms with E-state index in [-0.39, 0.29) is 18.9 Å². The van der Waals surface area contributed by atoms with Gasteiger partial charge in [-0.2, -0.15) is 19.9 Å². The van der Waals surface area contributed by atoms with E-state index < -0.39 is 23.1 Å². The van der Waals surface area contributed by atoms with Crippen LogP contribution < -0.4 is 5.32 Å². The molecule has 34 heavy (non-hydrogen) atoms. The van der Waals surface area contributed by atoms with Gasteiger partial charge in [-0.1, -0.05) is 0 Å². The summed E-state index contributed by atoms with van der Waals surface area (Å²) in [5.41, 5.74) is -0.224. The fourth-order valence-corrected chi connectivity index (χ4v) is 3.59. The van der Waals surface area contributed by atoms with Gasteiger partial charge < -0.3 is 14.5 Å². The molecule has 1 aliphatic heterocycles. The molecule has 3 aromatic heterocycles. The number of nitrogens with one attached hydrogen (secondary N) is 1. The minimum atomic E-state index is -0.677. The van der Waals surface area contributed by atoms with Crippen LogP contribution in [0.5, 0.6) is 0 Å². The molecule has 1 saturated heterocycles. The number of nitrogens with zero attached hydrogens (tertiary/aromatic N) is 9. The van der Waals surface area contributed by atoms with E-state index in [0.29, 0.717) is 30.1 Å². The number of likely N-dealkylation sites (tertiary alicyclic amines) is 1. The molecule has 0 atom stereocenters. The number of rotatable bonds is 5. The predicted molar refractivity (Wildman–Crippen MR) is 118 cm³/mol. The number of carbonyl (C=O) groups excluding carboxylic acids is 2. The zero-order chi connectivity index (χ0) is 24.5. The molecule has 3 aromatic rings. The molecule has 1 N–H and O–H groups in total. The lowest BCUT2D eigenvalue weighted by Crippen LogP contribution is -2.66. The first kappa shape index (κ1) is 22.7. The number of hydrogen-bond acceptors (Lipinski definition) is 8. The predicted octanol–water partition coefficient (Wildman–Crippen LogP) is 1.71. The third-order valence-corrected chi connectivity index (χ3v) is 5.07. The van der Waals surface area contributed by atoms with E-state index in [9.17, 15) is 9.59 Å². The summed E-state index contributed by atoms with van der Waals surface area (Å²) in [6.45, 7) is 13.5. The molecule has 1 fully saturated rings. The Morgan fingerprint density at radius 1 is 1.38 bits per heavy atom. The fraction of sp³-hybridized carbons (Fsp3) is 0.429. The number of nitriles is 1. The first-order valence-corrected chi connectivity index (χ1v) is 10.4. The molecule has 4 rings (SSSR count). The first-order chi connectivity index (χ1) is 16.1. The van der Waals surface area contributed by atoms with Gasteiger partial charge in [0.15, 0.2) is 17.0 Å². The van der Waals surface area contributed by atoms with Crippen molar-refractivity contribution in [1.82, 2.24) is 34.3 Å². The van der Waals surface area contributed by atoms with Crippen LogP contribution in [-0.2, 0) is 15.1 Å². The average Bonchev–Trinajstić information content (AvgIpc) is 3.35. The van der Waals surface area contributed by atoms with Gasteiger partial charge in [0.05, 0.1) is 30.9 Å². The molecule has 1 aliphatic rings. The molecule has 4 heterocycles. The molecule has 2 amide bonds. The fourth-order valence-electron chi connectivity index (χ4n) is 3.59. The Morgan fingerprint density at radius 3 is 2.82 bits per heavy atom. The van der Waals surface area contributed by atoms with Crippen molar-refractivity contribution in [2.45, 2.75) is 38.3 Å². The molecule has 0 unspecified atom stereocenters. The summed E-state index contributed by atoms with van der Waals surface area (Å²) < 4.78 is 8.55. The number of carbonyl (C=O) groups is 2. The van der Waals surface area contributed by atoms with E-state index in [1.165, 1.54) is 4.52 Å². The van der Waals surface area contributed by atoms with Gasteiger partial charge in [-0.25, -0.2) is 16.4 Å². The Hall–Kier alpha value is -4.52. The zero-order valence-corrected chi connectivity index (χ0v) is 18.9. The molecule has 0 aromatic carbocycles. The zero-order valence-electron chi connectivity index (χ0n) is 18.9. The number of fused-ring (bicyclic) bond motifs is 1. The van der Waals surface area contributed by atoms with Gasteiger partial charge in [0.2, 0.25) is 18.4 Å². The van der Waals surface area contributed by atoms with Gasteiger partial charge in [0.1, 0.15) is 12.0 Å². The van der Waals surface area contributed by atoms with E-state index in [2.05, 4.69) is 30.3 Å². The lowest BCUT2D eigenvalue weighted by atomic mass is 9.90. The maximum Gasteiger partial charge on any atom is 0.410 e. The quantitative estimate of drug-likeness (QED) is 0.564. The van der Waals surface area contributed by atoms with Gasteiger partial charge in [0, 0.05) is 18.5 Å². The standard InChI is InChI=1S/C21H22N10O3/c1-20(2,3)34-19(33)29-12-21(13-29,11-23-4)30-10-14(9-25-30)17-24-8-6-15-26-18(28-31(15)17)27-16(32)5-7-22/h6,8-10H,5,11-13H2,1-3H3,(H,27,28,32). The number of ether oxygens (including phenoxy) is 1. The van der Waals surface area contributed by atoms with Crippen molar-refractivity contribution in [2.24, 2.45) is 0 Å². The minimum Gasteiger partial charge on any atom is -0.444 e. The molecule has 13 heteroatoms. The van der Waals surface area contributed by atoms with Crippen molar-refractivity contribution < 1.29 is 14.3 Å². The molecule has 0 spiro atoms. The summed E-state index contributed by atoms with van der Waals surface area (Å²) in [6.07, 6.45) is 4.16. The van der Waals surface area contributed by atoms with Crippen LogP contribution in [0.4, 0.5) is 10.7 Å². The third-order valence-electron chi connectivity index (χ3n) is 5.07. The highest BCUT2D eigenvalue weighted by Gasteiger charge is 2.51. The monoisotopic (exact) mass is 462 g/mol. The van der Waals surface area contributed by atoms with Crippen molar-refractivity contribution in [2.75, 3.05) is 25.0 Å². The Bertz CT molecular complexity index is 1330. The van der Waals surface area contributed by atoms with E-state index in [1.54, 1.807) is 61.1 Å². The summed E-state index contributed by atoms with van der Waals surface area (Å²) in [5, 5.41) is 19.8. The topological polar surface area (TPSA) is 148 Å².